The number of rotatable bonds is 10. The van der Waals surface area contributed by atoms with Gasteiger partial charge >= 0.3 is 7.60 Å². The van der Waals surface area contributed by atoms with Crippen molar-refractivity contribution in [3.8, 4) is 16.2 Å². The van der Waals surface area contributed by atoms with Gasteiger partial charge in [-0.2, -0.15) is 0 Å². The van der Waals surface area contributed by atoms with Gasteiger partial charge in [0.1, 0.15) is 10.7 Å². The molecule has 0 saturated heterocycles. The highest BCUT2D eigenvalue weighted by atomic mass is 32.1. The summed E-state index contributed by atoms with van der Waals surface area (Å²) in [7, 11) is -3.10. The molecule has 0 amide bonds. The van der Waals surface area contributed by atoms with Gasteiger partial charge in [-0.1, -0.05) is 47.8 Å². The Bertz CT molecular complexity index is 1140. The number of nitrogens with zero attached hydrogens (tertiary/aromatic N) is 1. The summed E-state index contributed by atoms with van der Waals surface area (Å²) in [5.74, 6) is 0.668. The van der Waals surface area contributed by atoms with Crippen LogP contribution < -0.4 is 10.1 Å². The number of anilines is 1. The summed E-state index contributed by atoms with van der Waals surface area (Å²) in [5.41, 5.74) is 4.56. The summed E-state index contributed by atoms with van der Waals surface area (Å²) < 4.78 is 28.8. The maximum absolute atomic E-state index is 12.5. The zero-order chi connectivity index (χ0) is 22.6. The number of ether oxygens (including phenoxy) is 1. The van der Waals surface area contributed by atoms with Crippen LogP contribution in [-0.4, -0.2) is 36.0 Å². The smallest absolute Gasteiger partial charge is 0.334 e. The van der Waals surface area contributed by atoms with Crippen LogP contribution in [0.3, 0.4) is 0 Å². The van der Waals surface area contributed by atoms with Gasteiger partial charge in [0.15, 0.2) is 5.13 Å². The number of hydrogen-bond acceptors (Lipinski definition) is 7. The molecule has 0 saturated carbocycles. The van der Waals surface area contributed by atoms with Crippen molar-refractivity contribution in [3.63, 3.8) is 0 Å². The van der Waals surface area contributed by atoms with Crippen molar-refractivity contribution in [2.75, 3.05) is 31.3 Å². The molecule has 0 aliphatic heterocycles. The Kier molecular flexibility index (Phi) is 7.38. The van der Waals surface area contributed by atoms with E-state index < -0.39 is 7.60 Å². The molecule has 32 heavy (non-hydrogen) atoms. The Morgan fingerprint density at radius 1 is 1.12 bits per heavy atom. The predicted octanol–water partition coefficient (Wildman–Crippen LogP) is 6.15. The minimum atomic E-state index is -3.10. The van der Waals surface area contributed by atoms with E-state index in [9.17, 15) is 4.57 Å². The van der Waals surface area contributed by atoms with Gasteiger partial charge < -0.3 is 19.1 Å². The van der Waals surface area contributed by atoms with Crippen LogP contribution in [0.5, 0.6) is 5.75 Å². The SMILES string of the molecule is CCOP(=O)(CCOc1ccc(C(=S)Nc2nc3c(s2)-c2ccccc2C3)cc1)OCC. The van der Waals surface area contributed by atoms with Crippen LogP contribution in [-0.2, 0) is 20.0 Å². The molecule has 1 aliphatic rings. The molecular formula is C23H25N2O4PS2. The average Bonchev–Trinajstić information content (AvgIpc) is 3.31. The maximum Gasteiger partial charge on any atom is 0.334 e. The van der Waals surface area contributed by atoms with Gasteiger partial charge in [-0.15, -0.1) is 0 Å². The van der Waals surface area contributed by atoms with Crippen LogP contribution in [0, 0.1) is 0 Å². The molecule has 0 fully saturated rings. The first-order valence-corrected chi connectivity index (χ1v) is 13.5. The molecule has 1 heterocycles. The summed E-state index contributed by atoms with van der Waals surface area (Å²) in [6.07, 6.45) is 1.07. The number of hydrogen-bond donors (Lipinski definition) is 1. The molecule has 0 bridgehead atoms. The lowest BCUT2D eigenvalue weighted by Crippen LogP contribution is -2.11. The molecule has 168 valence electrons. The average molecular weight is 489 g/mol. The molecule has 9 heteroatoms. The van der Waals surface area contributed by atoms with Gasteiger partial charge in [0.25, 0.3) is 0 Å². The lowest BCUT2D eigenvalue weighted by atomic mass is 10.1. The van der Waals surface area contributed by atoms with Crippen LogP contribution >= 0.6 is 31.2 Å². The normalized spacial score (nSPS) is 12.3. The van der Waals surface area contributed by atoms with Crippen LogP contribution in [0.15, 0.2) is 48.5 Å². The molecule has 2 aromatic carbocycles. The van der Waals surface area contributed by atoms with E-state index >= 15 is 0 Å². The van der Waals surface area contributed by atoms with Crippen molar-refractivity contribution >= 4 is 41.3 Å². The summed E-state index contributed by atoms with van der Waals surface area (Å²) in [5, 5.41) is 4.06. The monoisotopic (exact) mass is 488 g/mol. The van der Waals surface area contributed by atoms with E-state index in [1.165, 1.54) is 16.0 Å². The molecular weight excluding hydrogens is 463 g/mol. The number of thiazole rings is 1. The molecule has 4 rings (SSSR count). The third-order valence-corrected chi connectivity index (χ3v) is 8.36. The van der Waals surface area contributed by atoms with Gasteiger partial charge in [0.2, 0.25) is 0 Å². The van der Waals surface area contributed by atoms with E-state index in [2.05, 4.69) is 29.6 Å². The first-order valence-electron chi connectivity index (χ1n) is 10.5. The molecule has 1 aromatic heterocycles. The second kappa shape index (κ2) is 10.2. The third-order valence-electron chi connectivity index (χ3n) is 4.94. The number of thiocarbonyl (C=S) groups is 1. The van der Waals surface area contributed by atoms with E-state index in [4.69, 9.17) is 31.0 Å². The highest BCUT2D eigenvalue weighted by molar-refractivity contribution is 7.81. The van der Waals surface area contributed by atoms with Crippen molar-refractivity contribution in [3.05, 3.63) is 65.4 Å². The zero-order valence-corrected chi connectivity index (χ0v) is 20.5. The van der Waals surface area contributed by atoms with E-state index in [-0.39, 0.29) is 12.8 Å². The van der Waals surface area contributed by atoms with Crippen molar-refractivity contribution < 1.29 is 18.3 Å². The van der Waals surface area contributed by atoms with Crippen molar-refractivity contribution in [2.24, 2.45) is 0 Å². The first-order chi connectivity index (χ1) is 15.5. The molecule has 3 aromatic rings. The molecule has 0 radical (unpaired) electrons. The van der Waals surface area contributed by atoms with Crippen molar-refractivity contribution in [1.29, 1.82) is 0 Å². The highest BCUT2D eigenvalue weighted by Crippen LogP contribution is 2.47. The van der Waals surface area contributed by atoms with E-state index in [1.54, 1.807) is 25.2 Å². The van der Waals surface area contributed by atoms with Gasteiger partial charge in [-0.3, -0.25) is 4.57 Å². The van der Waals surface area contributed by atoms with Gasteiger partial charge in [-0.25, -0.2) is 4.98 Å². The standard InChI is InChI=1S/C23H25N2O4PS2/c1-3-28-30(26,29-4-2)14-13-27-18-11-9-16(10-12-18)22(31)25-23-24-20-15-17-7-5-6-8-19(17)21(20)32-23/h5-12H,3-4,13-15H2,1-2H3,(H,24,25,31). The second-order valence-electron chi connectivity index (χ2n) is 7.13. The zero-order valence-electron chi connectivity index (χ0n) is 18.0. The Morgan fingerprint density at radius 3 is 2.56 bits per heavy atom. The Balaban J connectivity index is 1.33. The topological polar surface area (TPSA) is 69.7 Å². The van der Waals surface area contributed by atoms with E-state index in [0.717, 1.165) is 22.8 Å². The number of nitrogens with one attached hydrogen (secondary N) is 1. The van der Waals surface area contributed by atoms with Crippen molar-refractivity contribution in [1.82, 2.24) is 4.98 Å². The molecule has 1 N–H and O–H groups in total. The lowest BCUT2D eigenvalue weighted by molar-refractivity contribution is 0.213. The summed E-state index contributed by atoms with van der Waals surface area (Å²) in [6, 6.07) is 15.9. The fourth-order valence-corrected chi connectivity index (χ4v) is 6.30. The van der Waals surface area contributed by atoms with Crippen molar-refractivity contribution in [2.45, 2.75) is 20.3 Å². The maximum atomic E-state index is 12.5. The first kappa shape index (κ1) is 23.1. The molecule has 0 atom stereocenters. The number of aromatic nitrogens is 1. The van der Waals surface area contributed by atoms with Crippen LogP contribution in [0.4, 0.5) is 5.13 Å². The quantitative estimate of drug-likeness (QED) is 0.212. The molecule has 0 spiro atoms. The Hall–Kier alpha value is -2.09. The Labute approximate surface area is 197 Å². The number of benzene rings is 2. The predicted molar refractivity (Wildman–Crippen MR) is 133 cm³/mol. The molecule has 6 nitrogen and oxygen atoms in total. The van der Waals surface area contributed by atoms with Crippen LogP contribution in [0.1, 0.15) is 30.7 Å². The van der Waals surface area contributed by atoms with Crippen LogP contribution in [0.2, 0.25) is 0 Å². The molecule has 0 unspecified atom stereocenters. The highest BCUT2D eigenvalue weighted by Gasteiger charge is 2.24. The third kappa shape index (κ3) is 5.27. The Morgan fingerprint density at radius 2 is 1.84 bits per heavy atom. The van der Waals surface area contributed by atoms with Gasteiger partial charge in [0, 0.05) is 12.0 Å². The van der Waals surface area contributed by atoms with Gasteiger partial charge in [-0.05, 0) is 49.2 Å². The summed E-state index contributed by atoms with van der Waals surface area (Å²) in [4.78, 5) is 6.55. The van der Waals surface area contributed by atoms with Gasteiger partial charge in [0.05, 0.1) is 36.6 Å². The minimum absolute atomic E-state index is 0.203. The minimum Gasteiger partial charge on any atom is -0.493 e. The van der Waals surface area contributed by atoms with Crippen LogP contribution in [0.25, 0.3) is 10.4 Å². The van der Waals surface area contributed by atoms with E-state index in [1.807, 2.05) is 24.3 Å². The summed E-state index contributed by atoms with van der Waals surface area (Å²) >= 11 is 7.20. The fourth-order valence-electron chi connectivity index (χ4n) is 3.52. The largest absolute Gasteiger partial charge is 0.493 e. The number of fused-ring (bicyclic) bond motifs is 3. The lowest BCUT2D eigenvalue weighted by Gasteiger charge is -2.17. The van der Waals surface area contributed by atoms with E-state index in [0.29, 0.717) is 24.0 Å². The molecule has 1 aliphatic carbocycles. The second-order valence-corrected chi connectivity index (χ2v) is 10.7. The fraction of sp³-hybridized carbons (Fsp3) is 0.304. The summed E-state index contributed by atoms with van der Waals surface area (Å²) in [6.45, 7) is 4.50.